The first-order valence-electron chi connectivity index (χ1n) is 6.60. The van der Waals surface area contributed by atoms with Gasteiger partial charge in [0, 0.05) is 24.7 Å². The lowest BCUT2D eigenvalue weighted by molar-refractivity contribution is 0.127. The maximum atomic E-state index is 10.2. The molecule has 0 bridgehead atoms. The Kier molecular flexibility index (Phi) is 5.48. The van der Waals surface area contributed by atoms with E-state index in [-0.39, 0.29) is 6.61 Å². The zero-order chi connectivity index (χ0) is 13.8. The highest BCUT2D eigenvalue weighted by atomic mass is 35.5. The average Bonchev–Trinajstić information content (AvgIpc) is 3.21. The zero-order valence-electron chi connectivity index (χ0n) is 10.7. The molecule has 1 atom stereocenters. The van der Waals surface area contributed by atoms with Gasteiger partial charge in [0.1, 0.15) is 0 Å². The summed E-state index contributed by atoms with van der Waals surface area (Å²) in [5.41, 5.74) is 0.675. The van der Waals surface area contributed by atoms with Gasteiger partial charge in [0.15, 0.2) is 0 Å². The van der Waals surface area contributed by atoms with Crippen LogP contribution in [-0.2, 0) is 0 Å². The van der Waals surface area contributed by atoms with Crippen molar-refractivity contribution in [3.8, 4) is 0 Å². The van der Waals surface area contributed by atoms with Crippen molar-refractivity contribution in [2.24, 2.45) is 0 Å². The Morgan fingerprint density at radius 1 is 1.26 bits per heavy atom. The monoisotopic (exact) mass is 303 g/mol. The van der Waals surface area contributed by atoms with Gasteiger partial charge >= 0.3 is 0 Å². The van der Waals surface area contributed by atoms with Crippen molar-refractivity contribution in [3.63, 3.8) is 0 Å². The van der Waals surface area contributed by atoms with E-state index in [1.807, 2.05) is 0 Å². The molecule has 1 aliphatic carbocycles. The second kappa shape index (κ2) is 6.91. The summed E-state index contributed by atoms with van der Waals surface area (Å²) in [5, 5.41) is 20.1. The van der Waals surface area contributed by atoms with E-state index in [1.165, 1.54) is 12.8 Å². The van der Waals surface area contributed by atoms with Crippen LogP contribution in [-0.4, -0.2) is 40.9 Å². The first-order valence-corrected chi connectivity index (χ1v) is 7.36. The van der Waals surface area contributed by atoms with E-state index in [9.17, 15) is 5.11 Å². The van der Waals surface area contributed by atoms with Crippen LogP contribution in [0.4, 0.5) is 0 Å². The van der Waals surface area contributed by atoms with Crippen LogP contribution in [0, 0.1) is 0 Å². The lowest BCUT2D eigenvalue weighted by Crippen LogP contribution is -2.31. The van der Waals surface area contributed by atoms with Gasteiger partial charge in [-0.3, -0.25) is 4.90 Å². The van der Waals surface area contributed by atoms with Gasteiger partial charge in [-0.05, 0) is 25.3 Å². The van der Waals surface area contributed by atoms with E-state index in [0.29, 0.717) is 34.6 Å². The average molecular weight is 304 g/mol. The molecule has 2 rings (SSSR count). The number of nitrogens with zero attached hydrogens (tertiary/aromatic N) is 1. The van der Waals surface area contributed by atoms with Gasteiger partial charge in [-0.15, -0.1) is 0 Å². The number of aliphatic hydroxyl groups is 2. The van der Waals surface area contributed by atoms with Crippen molar-refractivity contribution in [3.05, 3.63) is 33.8 Å². The topological polar surface area (TPSA) is 43.7 Å². The van der Waals surface area contributed by atoms with Gasteiger partial charge in [0.25, 0.3) is 0 Å². The number of aliphatic hydroxyl groups excluding tert-OH is 2. The van der Waals surface area contributed by atoms with Crippen molar-refractivity contribution in [1.82, 2.24) is 4.90 Å². The summed E-state index contributed by atoms with van der Waals surface area (Å²) in [7, 11) is 0. The van der Waals surface area contributed by atoms with Crippen LogP contribution in [0.15, 0.2) is 18.2 Å². The SMILES string of the molecule is OCCN(CCC(O)c1cccc(Cl)c1Cl)C1CC1. The fourth-order valence-electron chi connectivity index (χ4n) is 2.27. The van der Waals surface area contributed by atoms with Gasteiger partial charge in [-0.1, -0.05) is 35.3 Å². The molecule has 0 aliphatic heterocycles. The summed E-state index contributed by atoms with van der Waals surface area (Å²) in [6, 6.07) is 5.88. The Labute approximate surface area is 123 Å². The van der Waals surface area contributed by atoms with E-state index in [2.05, 4.69) is 4.90 Å². The summed E-state index contributed by atoms with van der Waals surface area (Å²) >= 11 is 12.0. The minimum Gasteiger partial charge on any atom is -0.395 e. The molecule has 2 N–H and O–H groups in total. The lowest BCUT2D eigenvalue weighted by atomic mass is 10.1. The van der Waals surface area contributed by atoms with Crippen LogP contribution < -0.4 is 0 Å². The maximum absolute atomic E-state index is 10.2. The van der Waals surface area contributed by atoms with Crippen molar-refractivity contribution in [2.45, 2.75) is 31.4 Å². The fraction of sp³-hybridized carbons (Fsp3) is 0.571. The summed E-state index contributed by atoms with van der Waals surface area (Å²) in [5.74, 6) is 0. The first kappa shape index (κ1) is 15.1. The fourth-order valence-corrected chi connectivity index (χ4v) is 2.70. The normalized spacial score (nSPS) is 16.9. The summed E-state index contributed by atoms with van der Waals surface area (Å²) < 4.78 is 0. The molecule has 0 heterocycles. The molecule has 1 fully saturated rings. The standard InChI is InChI=1S/C14H19Cl2NO2/c15-12-3-1-2-11(14(12)16)13(19)6-7-17(8-9-18)10-4-5-10/h1-3,10,13,18-19H,4-9H2. The Balaban J connectivity index is 1.92. The molecule has 3 nitrogen and oxygen atoms in total. The molecule has 1 saturated carbocycles. The zero-order valence-corrected chi connectivity index (χ0v) is 12.2. The second-order valence-electron chi connectivity index (χ2n) is 4.94. The van der Waals surface area contributed by atoms with Crippen LogP contribution in [0.5, 0.6) is 0 Å². The Morgan fingerprint density at radius 2 is 2.00 bits per heavy atom. The molecular formula is C14H19Cl2NO2. The smallest absolute Gasteiger partial charge is 0.0817 e. The third-order valence-electron chi connectivity index (χ3n) is 3.48. The molecule has 0 amide bonds. The predicted molar refractivity (Wildman–Crippen MR) is 77.7 cm³/mol. The molecule has 0 aromatic heterocycles. The van der Waals surface area contributed by atoms with E-state index >= 15 is 0 Å². The van der Waals surface area contributed by atoms with E-state index in [1.54, 1.807) is 18.2 Å². The summed E-state index contributed by atoms with van der Waals surface area (Å²) in [6.07, 6.45) is 2.35. The first-order chi connectivity index (χ1) is 9.13. The third kappa shape index (κ3) is 4.07. The van der Waals surface area contributed by atoms with Crippen LogP contribution >= 0.6 is 23.2 Å². The van der Waals surface area contributed by atoms with E-state index in [4.69, 9.17) is 28.3 Å². The highest BCUT2D eigenvalue weighted by molar-refractivity contribution is 6.42. The molecule has 0 saturated heterocycles. The third-order valence-corrected chi connectivity index (χ3v) is 4.31. The highest BCUT2D eigenvalue weighted by Gasteiger charge is 2.28. The minimum atomic E-state index is -0.619. The largest absolute Gasteiger partial charge is 0.395 e. The number of hydrogen-bond donors (Lipinski definition) is 2. The van der Waals surface area contributed by atoms with Crippen LogP contribution in [0.1, 0.15) is 30.9 Å². The van der Waals surface area contributed by atoms with Crippen molar-refractivity contribution < 1.29 is 10.2 Å². The van der Waals surface area contributed by atoms with Gasteiger partial charge in [-0.2, -0.15) is 0 Å². The van der Waals surface area contributed by atoms with Gasteiger partial charge in [0.05, 0.1) is 22.8 Å². The number of rotatable bonds is 7. The molecule has 0 radical (unpaired) electrons. The number of halogens is 2. The van der Waals surface area contributed by atoms with Crippen LogP contribution in [0.25, 0.3) is 0 Å². The maximum Gasteiger partial charge on any atom is 0.0817 e. The molecular weight excluding hydrogens is 285 g/mol. The quantitative estimate of drug-likeness (QED) is 0.814. The van der Waals surface area contributed by atoms with Gasteiger partial charge < -0.3 is 10.2 Å². The molecule has 19 heavy (non-hydrogen) atoms. The predicted octanol–water partition coefficient (Wildman–Crippen LogP) is 2.87. The summed E-state index contributed by atoms with van der Waals surface area (Å²) in [6.45, 7) is 1.58. The minimum absolute atomic E-state index is 0.157. The van der Waals surface area contributed by atoms with Crippen molar-refractivity contribution >= 4 is 23.2 Å². The van der Waals surface area contributed by atoms with Crippen molar-refractivity contribution in [1.29, 1.82) is 0 Å². The van der Waals surface area contributed by atoms with Crippen LogP contribution in [0.2, 0.25) is 10.0 Å². The molecule has 5 heteroatoms. The Hall–Kier alpha value is -0.320. The second-order valence-corrected chi connectivity index (χ2v) is 5.72. The highest BCUT2D eigenvalue weighted by Crippen LogP contribution is 2.32. The molecule has 0 spiro atoms. The molecule has 1 aromatic carbocycles. The van der Waals surface area contributed by atoms with Gasteiger partial charge in [0.2, 0.25) is 0 Å². The van der Waals surface area contributed by atoms with E-state index in [0.717, 1.165) is 6.54 Å². The Morgan fingerprint density at radius 3 is 2.63 bits per heavy atom. The van der Waals surface area contributed by atoms with Gasteiger partial charge in [-0.25, -0.2) is 0 Å². The Bertz CT molecular complexity index is 424. The van der Waals surface area contributed by atoms with E-state index < -0.39 is 6.10 Å². The number of hydrogen-bond acceptors (Lipinski definition) is 3. The molecule has 1 aromatic rings. The number of benzene rings is 1. The summed E-state index contributed by atoms with van der Waals surface area (Å²) in [4.78, 5) is 2.22. The lowest BCUT2D eigenvalue weighted by Gasteiger charge is -2.22. The molecule has 1 aliphatic rings. The van der Waals surface area contributed by atoms with Crippen molar-refractivity contribution in [2.75, 3.05) is 19.7 Å². The molecule has 1 unspecified atom stereocenters. The molecule has 106 valence electrons. The van der Waals surface area contributed by atoms with Crippen LogP contribution in [0.3, 0.4) is 0 Å².